The Morgan fingerprint density at radius 1 is 0.829 bits per heavy atom. The summed E-state index contributed by atoms with van der Waals surface area (Å²) in [5.74, 6) is 3.15. The number of hydrogen-bond donors (Lipinski definition) is 0. The molecule has 4 heteroatoms. The summed E-state index contributed by atoms with van der Waals surface area (Å²) < 4.78 is 5.41. The summed E-state index contributed by atoms with van der Waals surface area (Å²) in [7, 11) is 0. The number of hydrogen-bond acceptors (Lipinski definition) is 2. The van der Waals surface area contributed by atoms with Crippen molar-refractivity contribution in [3.05, 3.63) is 132 Å². The van der Waals surface area contributed by atoms with Gasteiger partial charge in [0.05, 0.1) is 6.42 Å². The molecule has 0 amide bonds. The van der Waals surface area contributed by atoms with Crippen molar-refractivity contribution >= 4 is 34.9 Å². The predicted molar refractivity (Wildman–Crippen MR) is 148 cm³/mol. The lowest BCUT2D eigenvalue weighted by Crippen LogP contribution is -2.26. The van der Waals surface area contributed by atoms with Crippen molar-refractivity contribution in [2.75, 3.05) is 0 Å². The van der Waals surface area contributed by atoms with Gasteiger partial charge in [-0.2, -0.15) is 0 Å². The molecule has 4 aromatic rings. The summed E-state index contributed by atoms with van der Waals surface area (Å²) >= 11 is 0. The number of nitrogens with zero attached hydrogens (tertiary/aromatic N) is 1. The monoisotopic (exact) mass is 477 g/mol. The van der Waals surface area contributed by atoms with E-state index < -0.39 is 6.89 Å². The van der Waals surface area contributed by atoms with E-state index in [2.05, 4.69) is 109 Å². The molecule has 0 fully saturated rings. The number of fused-ring (bicyclic) bond motifs is 1. The SMILES string of the molecule is CC=P(c1ccccc1)(c1ccccc1)c1ccccc1.[C-]#[N+]C1CCc2cc(C=O)ccc2O1. The first-order valence-corrected chi connectivity index (χ1v) is 13.5. The van der Waals surface area contributed by atoms with Gasteiger partial charge in [-0.1, -0.05) is 96.8 Å². The van der Waals surface area contributed by atoms with Crippen LogP contribution in [-0.2, 0) is 6.42 Å². The van der Waals surface area contributed by atoms with Crippen molar-refractivity contribution in [2.24, 2.45) is 0 Å². The van der Waals surface area contributed by atoms with Gasteiger partial charge in [0.15, 0.2) is 0 Å². The van der Waals surface area contributed by atoms with Crippen molar-refractivity contribution in [2.45, 2.75) is 26.0 Å². The zero-order chi connectivity index (χ0) is 24.5. The van der Waals surface area contributed by atoms with Crippen LogP contribution in [0.25, 0.3) is 4.85 Å². The molecule has 3 nitrogen and oxygen atoms in total. The van der Waals surface area contributed by atoms with E-state index in [9.17, 15) is 4.79 Å². The highest BCUT2D eigenvalue weighted by molar-refractivity contribution is 7.94. The van der Waals surface area contributed by atoms with Crippen molar-refractivity contribution in [1.29, 1.82) is 0 Å². The van der Waals surface area contributed by atoms with Crippen LogP contribution in [0.15, 0.2) is 109 Å². The molecule has 5 rings (SSSR count). The number of carbonyl (C=O) groups is 1. The highest BCUT2D eigenvalue weighted by Crippen LogP contribution is 2.43. The summed E-state index contributed by atoms with van der Waals surface area (Å²) in [6.45, 7) is 7.40. The molecular formula is C31H28NO2P. The zero-order valence-corrected chi connectivity index (χ0v) is 20.6. The lowest BCUT2D eigenvalue weighted by molar-refractivity contribution is 0.112. The highest BCUT2D eigenvalue weighted by atomic mass is 31.2. The molecular weight excluding hydrogens is 449 g/mol. The Bertz CT molecular complexity index is 1260. The molecule has 1 unspecified atom stereocenters. The van der Waals surface area contributed by atoms with E-state index in [0.717, 1.165) is 24.0 Å². The van der Waals surface area contributed by atoms with Gasteiger partial charge in [-0.25, -0.2) is 6.57 Å². The van der Waals surface area contributed by atoms with Crippen LogP contribution in [0.1, 0.15) is 29.3 Å². The Morgan fingerprint density at radius 3 is 1.77 bits per heavy atom. The number of aryl methyl sites for hydroxylation is 1. The van der Waals surface area contributed by atoms with Gasteiger partial charge in [-0.15, -0.1) is 0 Å². The molecule has 0 aromatic heterocycles. The summed E-state index contributed by atoms with van der Waals surface area (Å²) in [5.41, 5.74) is 1.68. The summed E-state index contributed by atoms with van der Waals surface area (Å²) in [4.78, 5) is 13.9. The Labute approximate surface area is 207 Å². The smallest absolute Gasteiger partial charge is 0.366 e. The minimum absolute atomic E-state index is 0.357. The zero-order valence-electron chi connectivity index (χ0n) is 19.7. The molecule has 0 aliphatic carbocycles. The van der Waals surface area contributed by atoms with Crippen molar-refractivity contribution in [3.63, 3.8) is 0 Å². The van der Waals surface area contributed by atoms with Crippen LogP contribution in [0.4, 0.5) is 0 Å². The fraction of sp³-hybridized carbons (Fsp3) is 0.129. The van der Waals surface area contributed by atoms with E-state index >= 15 is 0 Å². The molecule has 0 bridgehead atoms. The summed E-state index contributed by atoms with van der Waals surface area (Å²) in [6.07, 6.45) is 1.98. The van der Waals surface area contributed by atoms with Gasteiger partial charge in [-0.05, 0) is 59.9 Å². The molecule has 174 valence electrons. The Balaban J connectivity index is 0.000000179. The molecule has 1 aliphatic heterocycles. The molecule has 0 saturated heterocycles. The average molecular weight is 478 g/mol. The van der Waals surface area contributed by atoms with Gasteiger partial charge in [0, 0.05) is 5.56 Å². The van der Waals surface area contributed by atoms with Gasteiger partial charge in [0.25, 0.3) is 0 Å². The Morgan fingerprint density at radius 2 is 1.34 bits per heavy atom. The molecule has 0 radical (unpaired) electrons. The van der Waals surface area contributed by atoms with Gasteiger partial charge in [0.2, 0.25) is 0 Å². The number of rotatable bonds is 4. The maximum absolute atomic E-state index is 10.5. The second-order valence-corrected chi connectivity index (χ2v) is 11.7. The van der Waals surface area contributed by atoms with E-state index in [1.165, 1.54) is 15.9 Å². The molecule has 1 atom stereocenters. The van der Waals surface area contributed by atoms with Crippen LogP contribution >= 0.6 is 6.89 Å². The number of benzene rings is 4. The van der Waals surface area contributed by atoms with Gasteiger partial charge in [-0.3, -0.25) is 9.64 Å². The molecule has 1 heterocycles. The maximum atomic E-state index is 10.5. The fourth-order valence-corrected chi connectivity index (χ4v) is 8.16. The standard InChI is InChI=1S/C20H19P.C11H9NO2/c1-2-21(18-12-6-3-7-13-18,19-14-8-4-9-15-19)20-16-10-5-11-17-20;1-12-11-5-3-9-6-8(7-13)2-4-10(9)14-11/h2-17H,1H3;2,4,6-7,11H,3,5H2. The molecule has 0 saturated carbocycles. The number of carbonyl (C=O) groups excluding carboxylic acids is 1. The number of aldehydes is 1. The largest absolute Gasteiger partial charge is 0.423 e. The minimum atomic E-state index is -1.66. The molecule has 0 spiro atoms. The first kappa shape index (κ1) is 24.3. The molecule has 1 aliphatic rings. The second-order valence-electron chi connectivity index (χ2n) is 8.21. The molecule has 4 aromatic carbocycles. The summed E-state index contributed by atoms with van der Waals surface area (Å²) in [6, 6.07) is 37.9. The van der Waals surface area contributed by atoms with Crippen LogP contribution < -0.4 is 20.7 Å². The normalized spacial score (nSPS) is 14.2. The third-order valence-corrected chi connectivity index (χ3v) is 10.3. The van der Waals surface area contributed by atoms with E-state index in [4.69, 9.17) is 11.3 Å². The average Bonchev–Trinajstić information content (AvgIpc) is 2.95. The minimum Gasteiger partial charge on any atom is -0.423 e. The van der Waals surface area contributed by atoms with Crippen LogP contribution in [0.3, 0.4) is 0 Å². The maximum Gasteiger partial charge on any atom is 0.366 e. The van der Waals surface area contributed by atoms with E-state index in [1.54, 1.807) is 12.1 Å². The second kappa shape index (κ2) is 11.5. The van der Waals surface area contributed by atoms with Crippen LogP contribution in [0.5, 0.6) is 5.75 Å². The van der Waals surface area contributed by atoms with Crippen LogP contribution in [0.2, 0.25) is 0 Å². The van der Waals surface area contributed by atoms with Crippen LogP contribution in [-0.4, -0.2) is 18.3 Å². The molecule has 0 N–H and O–H groups in total. The Kier molecular flexibility index (Phi) is 7.99. The third kappa shape index (κ3) is 5.29. The lowest BCUT2D eigenvalue weighted by Gasteiger charge is -2.28. The highest BCUT2D eigenvalue weighted by Gasteiger charge is 2.24. The van der Waals surface area contributed by atoms with Crippen molar-refractivity contribution in [3.8, 4) is 5.75 Å². The fourth-order valence-electron chi connectivity index (χ4n) is 4.44. The van der Waals surface area contributed by atoms with E-state index in [-0.39, 0.29) is 6.23 Å². The molecule has 35 heavy (non-hydrogen) atoms. The van der Waals surface area contributed by atoms with E-state index in [0.29, 0.717) is 12.0 Å². The van der Waals surface area contributed by atoms with Crippen LogP contribution in [0, 0.1) is 6.57 Å². The van der Waals surface area contributed by atoms with E-state index in [1.807, 2.05) is 6.07 Å². The quantitative estimate of drug-likeness (QED) is 0.209. The first-order valence-electron chi connectivity index (χ1n) is 11.7. The topological polar surface area (TPSA) is 30.7 Å². The lowest BCUT2D eigenvalue weighted by atomic mass is 10.0. The first-order chi connectivity index (χ1) is 17.2. The van der Waals surface area contributed by atoms with Gasteiger partial charge < -0.3 is 4.74 Å². The Hall–Kier alpha value is -3.86. The number of ether oxygens (including phenoxy) is 1. The predicted octanol–water partition coefficient (Wildman–Crippen LogP) is 5.87. The van der Waals surface area contributed by atoms with Crippen molar-refractivity contribution < 1.29 is 9.53 Å². The third-order valence-electron chi connectivity index (χ3n) is 6.17. The summed E-state index contributed by atoms with van der Waals surface area (Å²) in [5, 5.41) is 4.22. The van der Waals surface area contributed by atoms with Crippen molar-refractivity contribution in [1.82, 2.24) is 0 Å². The van der Waals surface area contributed by atoms with Gasteiger partial charge in [0.1, 0.15) is 12.0 Å². The van der Waals surface area contributed by atoms with Gasteiger partial charge >= 0.3 is 6.23 Å².